The van der Waals surface area contributed by atoms with Crippen LogP contribution in [0, 0.1) is 11.8 Å². The molecule has 0 bridgehead atoms. The molecule has 0 radical (unpaired) electrons. The van der Waals surface area contributed by atoms with Crippen molar-refractivity contribution >= 4 is 46.5 Å². The molecule has 0 spiro atoms. The van der Waals surface area contributed by atoms with Gasteiger partial charge in [0.1, 0.15) is 17.2 Å². The molecule has 0 saturated heterocycles. The lowest BCUT2D eigenvalue weighted by Crippen LogP contribution is -2.26. The van der Waals surface area contributed by atoms with Gasteiger partial charge in [0.25, 0.3) is 5.91 Å². The van der Waals surface area contributed by atoms with Gasteiger partial charge in [-0.1, -0.05) is 48.4 Å². The van der Waals surface area contributed by atoms with Crippen LogP contribution in [0.15, 0.2) is 107 Å². The number of fused-ring (bicyclic) bond motifs is 1. The average molecular weight is 609 g/mol. The predicted molar refractivity (Wildman–Crippen MR) is 166 cm³/mol. The van der Waals surface area contributed by atoms with Gasteiger partial charge >= 0.3 is 5.97 Å². The second kappa shape index (κ2) is 14.1. The van der Waals surface area contributed by atoms with Crippen molar-refractivity contribution in [2.75, 3.05) is 26.0 Å². The van der Waals surface area contributed by atoms with E-state index >= 15 is 0 Å². The van der Waals surface area contributed by atoms with E-state index < -0.39 is 5.97 Å². The fourth-order valence-corrected chi connectivity index (χ4v) is 5.21. The van der Waals surface area contributed by atoms with Crippen molar-refractivity contribution in [3.63, 3.8) is 0 Å². The Bertz CT molecular complexity index is 1520. The molecule has 2 atom stereocenters. The molecule has 0 heterocycles. The van der Waals surface area contributed by atoms with Crippen molar-refractivity contribution in [3.05, 3.63) is 117 Å². The van der Waals surface area contributed by atoms with Crippen LogP contribution < -0.4 is 15.4 Å². The summed E-state index contributed by atoms with van der Waals surface area (Å²) in [5.74, 6) is 0.586. The molecule has 2 aliphatic carbocycles. The van der Waals surface area contributed by atoms with Crippen molar-refractivity contribution in [1.29, 1.82) is 0 Å². The van der Waals surface area contributed by atoms with E-state index in [-0.39, 0.29) is 30.7 Å². The molecule has 1 amide bonds. The second-order valence-corrected chi connectivity index (χ2v) is 10.5. The molecule has 42 heavy (non-hydrogen) atoms. The predicted octanol–water partition coefficient (Wildman–Crippen LogP) is 6.82. The van der Waals surface area contributed by atoms with Gasteiger partial charge in [-0.2, -0.15) is 0 Å². The number of carboxylic acids is 1. The van der Waals surface area contributed by atoms with Crippen molar-refractivity contribution in [2.45, 2.75) is 13.3 Å². The molecule has 0 aliphatic heterocycles. The van der Waals surface area contributed by atoms with E-state index in [9.17, 15) is 9.59 Å². The van der Waals surface area contributed by atoms with Crippen LogP contribution in [0.5, 0.6) is 5.75 Å². The van der Waals surface area contributed by atoms with Crippen LogP contribution >= 0.6 is 23.2 Å². The van der Waals surface area contributed by atoms with Crippen molar-refractivity contribution in [2.24, 2.45) is 16.8 Å². The van der Waals surface area contributed by atoms with E-state index in [0.717, 1.165) is 16.9 Å². The molecule has 2 aliphatic rings. The van der Waals surface area contributed by atoms with Crippen LogP contribution in [0.25, 0.3) is 0 Å². The number of rotatable bonds is 11. The third-order valence-electron chi connectivity index (χ3n) is 6.81. The summed E-state index contributed by atoms with van der Waals surface area (Å²) in [5.41, 5.74) is 3.82. The number of carbonyl (C=O) groups is 2. The van der Waals surface area contributed by atoms with E-state index in [0.29, 0.717) is 38.5 Å². The fraction of sp³-hybridized carbons (Fsp3) is 0.219. The summed E-state index contributed by atoms with van der Waals surface area (Å²) in [6, 6.07) is 11.7. The van der Waals surface area contributed by atoms with Crippen molar-refractivity contribution in [1.82, 2.24) is 5.32 Å². The van der Waals surface area contributed by atoms with Crippen LogP contribution in [0.3, 0.4) is 0 Å². The summed E-state index contributed by atoms with van der Waals surface area (Å²) in [4.78, 5) is 27.7. The highest BCUT2D eigenvalue weighted by Crippen LogP contribution is 2.38. The first-order valence-corrected chi connectivity index (χ1v) is 14.0. The van der Waals surface area contributed by atoms with Gasteiger partial charge in [0.2, 0.25) is 0 Å². The minimum atomic E-state index is -0.981. The number of nitrogens with one attached hydrogen (secondary N) is 2. The molecule has 2 aromatic carbocycles. The summed E-state index contributed by atoms with van der Waals surface area (Å²) in [6.45, 7) is 2.18. The average Bonchev–Trinajstić information content (AvgIpc) is 2.96. The molecule has 10 heteroatoms. The van der Waals surface area contributed by atoms with Gasteiger partial charge in [-0.05, 0) is 71.7 Å². The quantitative estimate of drug-likeness (QED) is 0.191. The van der Waals surface area contributed by atoms with Crippen molar-refractivity contribution in [3.8, 4) is 5.75 Å². The number of nitrogens with zero attached hydrogens (tertiary/aromatic N) is 1. The largest absolute Gasteiger partial charge is 0.497 e. The molecule has 2 aromatic rings. The summed E-state index contributed by atoms with van der Waals surface area (Å²) in [7, 11) is 3.36. The maximum absolute atomic E-state index is 12.4. The zero-order valence-corrected chi connectivity index (χ0v) is 24.9. The van der Waals surface area contributed by atoms with E-state index in [4.69, 9.17) is 37.8 Å². The number of halogens is 2. The maximum atomic E-state index is 12.4. The number of amides is 1. The second-order valence-electron chi connectivity index (χ2n) is 9.62. The zero-order valence-electron chi connectivity index (χ0n) is 23.4. The Labute approximate surface area is 254 Å². The molecular formula is C32H31Cl2N3O5. The smallest absolute Gasteiger partial charge is 0.305 e. The van der Waals surface area contributed by atoms with Crippen molar-refractivity contribution < 1.29 is 24.2 Å². The molecule has 0 fully saturated rings. The highest BCUT2D eigenvalue weighted by Gasteiger charge is 2.30. The van der Waals surface area contributed by atoms with Crippen LogP contribution in [-0.2, 0) is 9.53 Å². The van der Waals surface area contributed by atoms with Gasteiger partial charge in [0, 0.05) is 47.0 Å². The third-order valence-corrected chi connectivity index (χ3v) is 7.25. The standard InChI is InChI=1S/C32H31Cl2N3O5/c1-19-27-11-9-26(41-3)14-21(27)6-10-28(19)31(35-2)29(18-37-24-16-22(33)15-23(34)17-24)42-25-7-4-20(5-8-25)32(40)36-13-12-30(38)39/h4-11,14-19,27,37H,12-13H2,1-3H3,(H,36,40)(H,38,39)/b29-18+,35-31-. The molecule has 2 unspecified atom stereocenters. The lowest BCUT2D eigenvalue weighted by Gasteiger charge is -2.31. The minimum Gasteiger partial charge on any atom is -0.497 e. The summed E-state index contributed by atoms with van der Waals surface area (Å²) < 4.78 is 11.8. The molecule has 3 N–H and O–H groups in total. The molecule has 0 aromatic heterocycles. The monoisotopic (exact) mass is 607 g/mol. The van der Waals surface area contributed by atoms with Crippen LogP contribution in [0.4, 0.5) is 5.69 Å². The summed E-state index contributed by atoms with van der Waals surface area (Å²) in [5, 5.41) is 15.6. The Kier molecular flexibility index (Phi) is 10.3. The van der Waals surface area contributed by atoms with E-state index in [2.05, 4.69) is 34.7 Å². The lowest BCUT2D eigenvalue weighted by molar-refractivity contribution is -0.136. The van der Waals surface area contributed by atoms with Crippen LogP contribution in [0.1, 0.15) is 23.7 Å². The first kappa shape index (κ1) is 30.7. The number of anilines is 1. The first-order chi connectivity index (χ1) is 20.2. The normalized spacial score (nSPS) is 18.3. The van der Waals surface area contributed by atoms with Gasteiger partial charge in [-0.25, -0.2) is 0 Å². The number of hydrogen-bond donors (Lipinski definition) is 3. The molecule has 0 saturated carbocycles. The van der Waals surface area contributed by atoms with E-state index in [1.807, 2.05) is 18.2 Å². The zero-order chi connectivity index (χ0) is 30.2. The SMILES string of the molecule is C/N=C(C1=CC=C2C=C(OC)C=CC2C1C)\C(=C/Nc1cc(Cl)cc(Cl)c1)Oc1ccc(C(=O)NCCC(=O)O)cc1. The Morgan fingerprint density at radius 1 is 1.10 bits per heavy atom. The number of hydrogen-bond acceptors (Lipinski definition) is 6. The highest BCUT2D eigenvalue weighted by atomic mass is 35.5. The summed E-state index contributed by atoms with van der Waals surface area (Å²) in [6.07, 6.45) is 11.8. The Morgan fingerprint density at radius 3 is 2.45 bits per heavy atom. The fourth-order valence-electron chi connectivity index (χ4n) is 4.69. The van der Waals surface area contributed by atoms with Crippen LogP contribution in [0.2, 0.25) is 10.0 Å². The van der Waals surface area contributed by atoms with E-state index in [1.165, 1.54) is 0 Å². The third kappa shape index (κ3) is 7.72. The minimum absolute atomic E-state index is 0.0387. The topological polar surface area (TPSA) is 109 Å². The highest BCUT2D eigenvalue weighted by molar-refractivity contribution is 6.35. The number of methoxy groups -OCH3 is 1. The molecule has 8 nitrogen and oxygen atoms in total. The maximum Gasteiger partial charge on any atom is 0.305 e. The van der Waals surface area contributed by atoms with E-state index in [1.54, 1.807) is 62.8 Å². The van der Waals surface area contributed by atoms with Gasteiger partial charge in [0.05, 0.1) is 13.5 Å². The van der Waals surface area contributed by atoms with Gasteiger partial charge in [-0.15, -0.1) is 0 Å². The number of benzene rings is 2. The Balaban J connectivity index is 1.63. The molecule has 218 valence electrons. The van der Waals surface area contributed by atoms with Gasteiger partial charge in [0.15, 0.2) is 5.76 Å². The Hall–Kier alpha value is -4.27. The van der Waals surface area contributed by atoms with Crippen LogP contribution in [-0.4, -0.2) is 43.4 Å². The Morgan fingerprint density at radius 2 is 1.81 bits per heavy atom. The molecule has 4 rings (SSSR count). The number of carboxylic acid groups (broad SMARTS) is 1. The first-order valence-electron chi connectivity index (χ1n) is 13.2. The number of aliphatic carboxylic acids is 1. The number of carbonyl (C=O) groups excluding carboxylic acids is 1. The van der Waals surface area contributed by atoms with Gasteiger partial charge in [-0.3, -0.25) is 14.6 Å². The number of ether oxygens (including phenoxy) is 2. The summed E-state index contributed by atoms with van der Waals surface area (Å²) >= 11 is 12.4. The lowest BCUT2D eigenvalue weighted by atomic mass is 9.74. The number of aliphatic imine (C=N–C) groups is 1. The van der Waals surface area contributed by atoms with Gasteiger partial charge < -0.3 is 25.2 Å². The molecular weight excluding hydrogens is 577 g/mol. The number of allylic oxidation sites excluding steroid dienone is 7.